The third-order valence-corrected chi connectivity index (χ3v) is 16.2. The van der Waals surface area contributed by atoms with Crippen LogP contribution in [0, 0.1) is 0 Å². The number of hydrogen-bond donors (Lipinski definition) is 0. The summed E-state index contributed by atoms with van der Waals surface area (Å²) < 4.78 is 22.8. The maximum Gasteiger partial charge on any atom is 0.306 e. The summed E-state index contributed by atoms with van der Waals surface area (Å²) in [7, 11) is 5.94. The summed E-state index contributed by atoms with van der Waals surface area (Å²) in [6.07, 6.45) is 84.6. The van der Waals surface area contributed by atoms with Gasteiger partial charge in [-0.05, 0) is 83.5 Å². The number of unbranched alkanes of at least 4 members (excludes halogenated alkanes) is 43. The third-order valence-electron chi connectivity index (χ3n) is 16.2. The molecule has 9 heteroatoms. The minimum Gasteiger partial charge on any atom is -0.545 e. The van der Waals surface area contributed by atoms with Crippen LogP contribution in [0.2, 0.25) is 0 Å². The van der Waals surface area contributed by atoms with Gasteiger partial charge in [-0.15, -0.1) is 0 Å². The second kappa shape index (κ2) is 66.9. The largest absolute Gasteiger partial charge is 0.545 e. The Bertz CT molecular complexity index is 1580. The Hall–Kier alpha value is -3.01. The van der Waals surface area contributed by atoms with Crippen LogP contribution in [0.4, 0.5) is 0 Å². The molecule has 496 valence electrons. The first kappa shape index (κ1) is 82.0. The lowest BCUT2D eigenvalue weighted by atomic mass is 10.0. The molecular weight excluding hydrogens is 1050 g/mol. The Kier molecular flexibility index (Phi) is 64.6. The van der Waals surface area contributed by atoms with Crippen molar-refractivity contribution in [2.45, 2.75) is 360 Å². The number of rotatable bonds is 68. The van der Waals surface area contributed by atoms with Gasteiger partial charge in [0.25, 0.3) is 0 Å². The summed E-state index contributed by atoms with van der Waals surface area (Å²) in [6.45, 7) is 4.77. The molecule has 0 aliphatic carbocycles. The van der Waals surface area contributed by atoms with Crippen molar-refractivity contribution in [1.82, 2.24) is 0 Å². The molecule has 0 aromatic rings. The minimum absolute atomic E-state index is 0.148. The highest BCUT2D eigenvalue weighted by Gasteiger charge is 2.22. The number of aliphatic carboxylic acids is 1. The number of likely N-dealkylation sites (N-methyl/N-ethyl adjacent to an activating group) is 1. The average molecular weight is 1190 g/mol. The molecule has 0 fully saturated rings. The molecule has 85 heavy (non-hydrogen) atoms. The second-order valence-corrected chi connectivity index (χ2v) is 25.9. The SMILES string of the molecule is CCCCCCC/C=C\C/C=C\C/C=C\CCCCCCCCCCCCCCCCCCCCCCCCCCC(=O)OC(COC(=O)CCCCCCCCCCC/C=C\C/C=C\CCCCCCC)COC(OCC[N+](C)(C)C)C(=O)[O-]. The number of ether oxygens (including phenoxy) is 4. The van der Waals surface area contributed by atoms with Crippen molar-refractivity contribution in [3.63, 3.8) is 0 Å². The molecule has 0 heterocycles. The summed E-state index contributed by atoms with van der Waals surface area (Å²) in [5, 5.41) is 11.8. The molecule has 0 spiro atoms. The summed E-state index contributed by atoms with van der Waals surface area (Å²) >= 11 is 0. The number of carbonyl (C=O) groups excluding carboxylic acids is 3. The maximum absolute atomic E-state index is 12.9. The summed E-state index contributed by atoms with van der Waals surface area (Å²) in [5.74, 6) is -2.27. The van der Waals surface area contributed by atoms with Gasteiger partial charge in [-0.1, -0.05) is 312 Å². The van der Waals surface area contributed by atoms with E-state index in [1.807, 2.05) is 21.1 Å². The Balaban J connectivity index is 3.99. The fraction of sp³-hybridized carbons (Fsp3) is 0.829. The van der Waals surface area contributed by atoms with E-state index in [4.69, 9.17) is 18.9 Å². The van der Waals surface area contributed by atoms with Crippen molar-refractivity contribution in [2.75, 3.05) is 47.5 Å². The van der Waals surface area contributed by atoms with E-state index in [1.165, 1.54) is 263 Å². The lowest BCUT2D eigenvalue weighted by molar-refractivity contribution is -0.870. The fourth-order valence-corrected chi connectivity index (χ4v) is 10.6. The zero-order valence-electron chi connectivity index (χ0n) is 56.7. The van der Waals surface area contributed by atoms with Gasteiger partial charge in [0.15, 0.2) is 12.4 Å². The maximum atomic E-state index is 12.9. The highest BCUT2D eigenvalue weighted by Crippen LogP contribution is 2.18. The van der Waals surface area contributed by atoms with Gasteiger partial charge in [0.05, 0.1) is 40.3 Å². The van der Waals surface area contributed by atoms with Crippen LogP contribution in [0.25, 0.3) is 0 Å². The van der Waals surface area contributed by atoms with Gasteiger partial charge in [0.1, 0.15) is 13.2 Å². The van der Waals surface area contributed by atoms with Crippen LogP contribution in [0.15, 0.2) is 60.8 Å². The van der Waals surface area contributed by atoms with E-state index in [-0.39, 0.29) is 38.6 Å². The molecule has 2 atom stereocenters. The highest BCUT2D eigenvalue weighted by atomic mass is 16.7. The second-order valence-electron chi connectivity index (χ2n) is 25.9. The number of esters is 2. The minimum atomic E-state index is -1.62. The summed E-state index contributed by atoms with van der Waals surface area (Å²) in [4.78, 5) is 37.5. The molecule has 0 aliphatic heterocycles. The number of nitrogens with zero attached hydrogens (tertiary/aromatic N) is 1. The number of carboxylic acids is 1. The number of hydrogen-bond acceptors (Lipinski definition) is 8. The van der Waals surface area contributed by atoms with Crippen molar-refractivity contribution in [3.05, 3.63) is 60.8 Å². The van der Waals surface area contributed by atoms with Crippen LogP contribution < -0.4 is 5.11 Å². The summed E-state index contributed by atoms with van der Waals surface area (Å²) in [6, 6.07) is 0. The molecule has 0 N–H and O–H groups in total. The quantitative estimate of drug-likeness (QED) is 0.0195. The Morgan fingerprint density at radius 1 is 0.353 bits per heavy atom. The molecule has 0 aromatic carbocycles. The smallest absolute Gasteiger partial charge is 0.306 e. The molecule has 0 rings (SSSR count). The van der Waals surface area contributed by atoms with E-state index in [2.05, 4.69) is 74.6 Å². The van der Waals surface area contributed by atoms with Gasteiger partial charge in [0.2, 0.25) is 0 Å². The van der Waals surface area contributed by atoms with E-state index >= 15 is 0 Å². The van der Waals surface area contributed by atoms with Gasteiger partial charge in [-0.25, -0.2) is 0 Å². The van der Waals surface area contributed by atoms with Crippen LogP contribution in [-0.4, -0.2) is 82.3 Å². The molecule has 0 radical (unpaired) electrons. The fourth-order valence-electron chi connectivity index (χ4n) is 10.6. The number of carbonyl (C=O) groups is 3. The molecule has 0 saturated heterocycles. The first-order chi connectivity index (χ1) is 41.6. The van der Waals surface area contributed by atoms with Crippen LogP contribution >= 0.6 is 0 Å². The van der Waals surface area contributed by atoms with E-state index in [0.29, 0.717) is 17.4 Å². The van der Waals surface area contributed by atoms with Crippen molar-refractivity contribution in [3.8, 4) is 0 Å². The predicted octanol–water partition coefficient (Wildman–Crippen LogP) is 21.4. The number of allylic oxidation sites excluding steroid dienone is 10. The van der Waals surface area contributed by atoms with Crippen LogP contribution in [0.5, 0.6) is 0 Å². The molecule has 0 amide bonds. The standard InChI is InChI=1S/C76H139NO8/c1-6-8-10-12-14-16-18-20-22-24-26-28-29-30-31-32-33-34-35-36-37-38-39-40-41-42-43-44-45-47-49-51-53-55-57-59-61-63-65-67-74(79)85-72(71-84-76(75(80)81)82-69-68-77(3,4)5)70-83-73(78)66-64-62-60-58-56-54-52-50-48-46-27-25-23-21-19-17-15-13-11-9-7-2/h18-21,24-27,29-30,72,76H,6-17,22-23,28,31-71H2,1-5H3/b20-18-,21-19-,26-24-,27-25-,30-29-. The Morgan fingerprint density at radius 3 is 0.941 bits per heavy atom. The third kappa shape index (κ3) is 68.3. The van der Waals surface area contributed by atoms with Gasteiger partial charge >= 0.3 is 11.9 Å². The van der Waals surface area contributed by atoms with E-state index in [0.717, 1.165) is 51.4 Å². The van der Waals surface area contributed by atoms with Gasteiger partial charge in [-0.2, -0.15) is 0 Å². The first-order valence-electron chi connectivity index (χ1n) is 36.4. The van der Waals surface area contributed by atoms with E-state index in [1.54, 1.807) is 0 Å². The topological polar surface area (TPSA) is 111 Å². The van der Waals surface area contributed by atoms with E-state index in [9.17, 15) is 19.5 Å². The molecule has 0 aromatic heterocycles. The van der Waals surface area contributed by atoms with Gasteiger partial charge in [-0.3, -0.25) is 9.59 Å². The zero-order chi connectivity index (χ0) is 61.9. The predicted molar refractivity (Wildman–Crippen MR) is 362 cm³/mol. The monoisotopic (exact) mass is 1190 g/mol. The molecular formula is C76H139NO8. The van der Waals surface area contributed by atoms with Gasteiger partial charge < -0.3 is 33.3 Å². The number of carboxylic acid groups (broad SMARTS) is 1. The molecule has 0 bridgehead atoms. The van der Waals surface area contributed by atoms with Crippen LogP contribution in [0.3, 0.4) is 0 Å². The van der Waals surface area contributed by atoms with Crippen molar-refractivity contribution >= 4 is 17.9 Å². The highest BCUT2D eigenvalue weighted by molar-refractivity contribution is 5.70. The zero-order valence-corrected chi connectivity index (χ0v) is 56.7. The van der Waals surface area contributed by atoms with Crippen molar-refractivity contribution in [1.29, 1.82) is 0 Å². The summed E-state index contributed by atoms with van der Waals surface area (Å²) in [5.41, 5.74) is 0. The first-order valence-corrected chi connectivity index (χ1v) is 36.4. The van der Waals surface area contributed by atoms with Crippen LogP contribution in [0.1, 0.15) is 348 Å². The molecule has 0 saturated carbocycles. The van der Waals surface area contributed by atoms with Crippen LogP contribution in [-0.2, 0) is 33.3 Å². The average Bonchev–Trinajstić information content (AvgIpc) is 3.49. The molecule has 2 unspecified atom stereocenters. The van der Waals surface area contributed by atoms with Crippen molar-refractivity contribution in [2.24, 2.45) is 0 Å². The van der Waals surface area contributed by atoms with Crippen molar-refractivity contribution < 1.29 is 42.9 Å². The number of quaternary nitrogens is 1. The Morgan fingerprint density at radius 2 is 0.635 bits per heavy atom. The molecule has 0 aliphatic rings. The lowest BCUT2D eigenvalue weighted by Gasteiger charge is -2.26. The Labute approximate surface area is 526 Å². The normalized spacial score (nSPS) is 13.0. The lowest BCUT2D eigenvalue weighted by Crippen LogP contribution is -2.44. The van der Waals surface area contributed by atoms with Gasteiger partial charge in [0, 0.05) is 12.8 Å². The molecule has 9 nitrogen and oxygen atoms in total. The van der Waals surface area contributed by atoms with E-state index < -0.39 is 24.3 Å².